The standard InChI is InChI=1S/C17H19FN2S/c1-10-4-7-14(17(19)21)16(8-10)20-12(3)13-6-5-11(2)15(18)9-13/h4-9,12,20H,1-3H3,(H2,19,21). The Morgan fingerprint density at radius 2 is 1.90 bits per heavy atom. The van der Waals surface area contributed by atoms with E-state index in [0.717, 1.165) is 22.4 Å². The summed E-state index contributed by atoms with van der Waals surface area (Å²) >= 11 is 5.08. The quantitative estimate of drug-likeness (QED) is 0.829. The van der Waals surface area contributed by atoms with Crippen molar-refractivity contribution >= 4 is 22.9 Å². The molecule has 0 radical (unpaired) electrons. The molecular weight excluding hydrogens is 283 g/mol. The summed E-state index contributed by atoms with van der Waals surface area (Å²) in [5, 5.41) is 3.36. The van der Waals surface area contributed by atoms with Gasteiger partial charge in [-0.15, -0.1) is 0 Å². The minimum atomic E-state index is -0.194. The normalized spacial score (nSPS) is 12.0. The maximum Gasteiger partial charge on any atom is 0.126 e. The molecule has 0 aliphatic rings. The molecule has 0 aliphatic carbocycles. The second kappa shape index (κ2) is 6.22. The molecule has 1 unspecified atom stereocenters. The Hall–Kier alpha value is -1.94. The van der Waals surface area contributed by atoms with E-state index in [1.54, 1.807) is 19.1 Å². The summed E-state index contributed by atoms with van der Waals surface area (Å²) < 4.78 is 13.7. The van der Waals surface area contributed by atoms with E-state index in [9.17, 15) is 4.39 Å². The maximum atomic E-state index is 13.7. The highest BCUT2D eigenvalue weighted by molar-refractivity contribution is 7.80. The van der Waals surface area contributed by atoms with Gasteiger partial charge in [0.15, 0.2) is 0 Å². The van der Waals surface area contributed by atoms with Crippen LogP contribution in [0.3, 0.4) is 0 Å². The van der Waals surface area contributed by atoms with E-state index in [1.807, 2.05) is 38.1 Å². The van der Waals surface area contributed by atoms with Crippen molar-refractivity contribution in [1.29, 1.82) is 0 Å². The van der Waals surface area contributed by atoms with Gasteiger partial charge in [-0.2, -0.15) is 0 Å². The van der Waals surface area contributed by atoms with Crippen LogP contribution in [0.1, 0.15) is 35.2 Å². The number of halogens is 1. The van der Waals surface area contributed by atoms with Gasteiger partial charge in [0.25, 0.3) is 0 Å². The molecule has 2 aromatic carbocycles. The van der Waals surface area contributed by atoms with Crippen molar-refractivity contribution in [2.45, 2.75) is 26.8 Å². The lowest BCUT2D eigenvalue weighted by atomic mass is 10.0. The molecule has 0 heterocycles. The highest BCUT2D eigenvalue weighted by atomic mass is 32.1. The maximum absolute atomic E-state index is 13.7. The van der Waals surface area contributed by atoms with Gasteiger partial charge in [0, 0.05) is 17.3 Å². The summed E-state index contributed by atoms with van der Waals surface area (Å²) in [4.78, 5) is 0.347. The van der Waals surface area contributed by atoms with Gasteiger partial charge >= 0.3 is 0 Å². The van der Waals surface area contributed by atoms with E-state index in [-0.39, 0.29) is 11.9 Å². The molecule has 0 saturated carbocycles. The second-order valence-corrected chi connectivity index (χ2v) is 5.73. The highest BCUT2D eigenvalue weighted by Crippen LogP contribution is 2.24. The molecule has 0 spiro atoms. The summed E-state index contributed by atoms with van der Waals surface area (Å²) in [7, 11) is 0. The smallest absolute Gasteiger partial charge is 0.126 e. The van der Waals surface area contributed by atoms with Gasteiger partial charge in [0.2, 0.25) is 0 Å². The van der Waals surface area contributed by atoms with Gasteiger partial charge in [0.05, 0.1) is 0 Å². The first-order chi connectivity index (χ1) is 9.88. The van der Waals surface area contributed by atoms with Gasteiger partial charge < -0.3 is 11.1 Å². The zero-order valence-electron chi connectivity index (χ0n) is 12.4. The number of benzene rings is 2. The van der Waals surface area contributed by atoms with Crippen molar-refractivity contribution in [2.75, 3.05) is 5.32 Å². The average Bonchev–Trinajstić information content (AvgIpc) is 2.41. The number of rotatable bonds is 4. The van der Waals surface area contributed by atoms with Crippen molar-refractivity contribution < 1.29 is 4.39 Å². The fourth-order valence-corrected chi connectivity index (χ4v) is 2.37. The first-order valence-electron chi connectivity index (χ1n) is 6.81. The van der Waals surface area contributed by atoms with Crippen LogP contribution < -0.4 is 11.1 Å². The number of hydrogen-bond donors (Lipinski definition) is 2. The molecule has 1 atom stereocenters. The summed E-state index contributed by atoms with van der Waals surface area (Å²) in [5.41, 5.74) is 10.1. The van der Waals surface area contributed by atoms with Crippen LogP contribution in [0.5, 0.6) is 0 Å². The van der Waals surface area contributed by atoms with Crippen molar-refractivity contribution in [3.63, 3.8) is 0 Å². The van der Waals surface area contributed by atoms with Crippen LogP contribution in [0, 0.1) is 19.7 Å². The lowest BCUT2D eigenvalue weighted by Gasteiger charge is -2.19. The monoisotopic (exact) mass is 302 g/mol. The van der Waals surface area contributed by atoms with Gasteiger partial charge in [-0.25, -0.2) is 4.39 Å². The number of nitrogens with one attached hydrogen (secondary N) is 1. The van der Waals surface area contributed by atoms with Crippen molar-refractivity contribution in [3.05, 3.63) is 64.5 Å². The molecule has 0 aliphatic heterocycles. The zero-order chi connectivity index (χ0) is 15.6. The molecule has 0 bridgehead atoms. The van der Waals surface area contributed by atoms with Gasteiger partial charge in [0.1, 0.15) is 10.8 Å². The van der Waals surface area contributed by atoms with Crippen molar-refractivity contribution in [2.24, 2.45) is 5.73 Å². The Kier molecular flexibility index (Phi) is 4.58. The number of anilines is 1. The van der Waals surface area contributed by atoms with Gasteiger partial charge in [-0.05, 0) is 55.7 Å². The van der Waals surface area contributed by atoms with E-state index >= 15 is 0 Å². The van der Waals surface area contributed by atoms with Crippen molar-refractivity contribution in [3.8, 4) is 0 Å². The third-order valence-electron chi connectivity index (χ3n) is 3.51. The van der Waals surface area contributed by atoms with E-state index in [0.29, 0.717) is 10.6 Å². The number of aryl methyl sites for hydroxylation is 2. The Morgan fingerprint density at radius 3 is 2.52 bits per heavy atom. The zero-order valence-corrected chi connectivity index (χ0v) is 13.2. The molecule has 110 valence electrons. The fourth-order valence-electron chi connectivity index (χ4n) is 2.19. The lowest BCUT2D eigenvalue weighted by molar-refractivity contribution is 0.614. The van der Waals surface area contributed by atoms with E-state index < -0.39 is 0 Å². The minimum Gasteiger partial charge on any atom is -0.389 e. The molecule has 4 heteroatoms. The SMILES string of the molecule is Cc1ccc(C(N)=S)c(NC(C)c2ccc(C)c(F)c2)c1. The van der Waals surface area contributed by atoms with E-state index in [1.165, 1.54) is 0 Å². The predicted octanol–water partition coefficient (Wildman–Crippen LogP) is 4.25. The number of thiocarbonyl (C=S) groups is 1. The fraction of sp³-hybridized carbons (Fsp3) is 0.235. The molecule has 2 aromatic rings. The molecule has 2 rings (SSSR count). The van der Waals surface area contributed by atoms with Gasteiger partial charge in [-0.3, -0.25) is 0 Å². The van der Waals surface area contributed by atoms with Gasteiger partial charge in [-0.1, -0.05) is 30.4 Å². The minimum absolute atomic E-state index is 0.0463. The summed E-state index contributed by atoms with van der Waals surface area (Å²) in [6, 6.07) is 11.1. The summed E-state index contributed by atoms with van der Waals surface area (Å²) in [5.74, 6) is -0.194. The Morgan fingerprint density at radius 1 is 1.19 bits per heavy atom. The van der Waals surface area contributed by atoms with Crippen LogP contribution in [0.2, 0.25) is 0 Å². The third kappa shape index (κ3) is 3.58. The lowest BCUT2D eigenvalue weighted by Crippen LogP contribution is -2.15. The Balaban J connectivity index is 2.30. The van der Waals surface area contributed by atoms with E-state index in [4.69, 9.17) is 18.0 Å². The number of nitrogens with two attached hydrogens (primary N) is 1. The molecule has 2 nitrogen and oxygen atoms in total. The first kappa shape index (κ1) is 15.4. The van der Waals surface area contributed by atoms with E-state index in [2.05, 4.69) is 5.32 Å². The molecule has 0 aromatic heterocycles. The van der Waals surface area contributed by atoms with Crippen LogP contribution >= 0.6 is 12.2 Å². The van der Waals surface area contributed by atoms with Crippen LogP contribution in [-0.2, 0) is 0 Å². The topological polar surface area (TPSA) is 38.0 Å². The average molecular weight is 302 g/mol. The predicted molar refractivity (Wildman–Crippen MR) is 90.2 cm³/mol. The second-order valence-electron chi connectivity index (χ2n) is 5.29. The summed E-state index contributed by atoms with van der Waals surface area (Å²) in [6.07, 6.45) is 0. The largest absolute Gasteiger partial charge is 0.389 e. The third-order valence-corrected chi connectivity index (χ3v) is 3.73. The molecule has 3 N–H and O–H groups in total. The number of hydrogen-bond acceptors (Lipinski definition) is 2. The van der Waals surface area contributed by atoms with Crippen LogP contribution in [0.4, 0.5) is 10.1 Å². The highest BCUT2D eigenvalue weighted by Gasteiger charge is 2.11. The molecular formula is C17H19FN2S. The summed E-state index contributed by atoms with van der Waals surface area (Å²) in [6.45, 7) is 5.74. The van der Waals surface area contributed by atoms with Crippen LogP contribution in [0.15, 0.2) is 36.4 Å². The van der Waals surface area contributed by atoms with Crippen LogP contribution in [-0.4, -0.2) is 4.99 Å². The van der Waals surface area contributed by atoms with Crippen LogP contribution in [0.25, 0.3) is 0 Å². The molecule has 0 fully saturated rings. The van der Waals surface area contributed by atoms with Crippen molar-refractivity contribution in [1.82, 2.24) is 0 Å². The molecule has 21 heavy (non-hydrogen) atoms. The molecule has 0 saturated heterocycles. The first-order valence-corrected chi connectivity index (χ1v) is 7.22. The Bertz CT molecular complexity index is 682. The molecule has 0 amide bonds. The Labute approximate surface area is 130 Å².